The number of aromatic nitrogens is 2. The van der Waals surface area contributed by atoms with Gasteiger partial charge in [-0.2, -0.15) is 0 Å². The predicted octanol–water partition coefficient (Wildman–Crippen LogP) is 1.12. The van der Waals surface area contributed by atoms with Crippen molar-refractivity contribution in [3.8, 4) is 0 Å². The van der Waals surface area contributed by atoms with Gasteiger partial charge in [-0.25, -0.2) is 9.59 Å². The van der Waals surface area contributed by atoms with Crippen LogP contribution in [0.4, 0.5) is 0 Å². The average Bonchev–Trinajstić information content (AvgIpc) is 3.76. The number of nitrogens with two attached hydrogens (primary N) is 1. The zero-order valence-electron chi connectivity index (χ0n) is 48.7. The van der Waals surface area contributed by atoms with Crippen LogP contribution < -0.4 is 17.0 Å². The number of hydrogen-bond acceptors (Lipinski definition) is 23. The molecule has 0 radical (unpaired) electrons. The van der Waals surface area contributed by atoms with Crippen LogP contribution in [0.5, 0.6) is 0 Å². The molecule has 4 aliphatic heterocycles. The van der Waals surface area contributed by atoms with E-state index in [1.807, 2.05) is 0 Å². The summed E-state index contributed by atoms with van der Waals surface area (Å²) in [6, 6.07) is -2.20. The number of carboxylic acid groups (broad SMARTS) is 2. The number of likely N-dealkylation sites (N-methyl/N-ethyl adjacent to an activating group) is 2. The van der Waals surface area contributed by atoms with Gasteiger partial charge >= 0.3 is 41.5 Å². The molecule has 5 heterocycles. The summed E-state index contributed by atoms with van der Waals surface area (Å²) in [5.41, 5.74) is 4.29. The summed E-state index contributed by atoms with van der Waals surface area (Å²) in [4.78, 5) is 122. The quantitative estimate of drug-likeness (QED) is 0.0334. The molecule has 17 atom stereocenters. The average molecular weight is 1190 g/mol. The highest BCUT2D eigenvalue weighted by Crippen LogP contribution is 2.37. The number of esters is 4. The maximum Gasteiger partial charge on any atom is 0.330 e. The summed E-state index contributed by atoms with van der Waals surface area (Å²) in [5.74, 6) is -7.07. The Morgan fingerprint density at radius 3 is 2.01 bits per heavy atom. The zero-order chi connectivity index (χ0) is 61.2. The molecule has 1 aromatic rings. The fourth-order valence-corrected chi connectivity index (χ4v) is 11.1. The van der Waals surface area contributed by atoms with Gasteiger partial charge in [0.15, 0.2) is 24.5 Å². The van der Waals surface area contributed by atoms with Crippen molar-refractivity contribution in [3.05, 3.63) is 33.1 Å². The molecule has 4 fully saturated rings. The second-order valence-corrected chi connectivity index (χ2v) is 22.4. The molecule has 0 bridgehead atoms. The van der Waals surface area contributed by atoms with Gasteiger partial charge in [0.05, 0.1) is 43.7 Å². The first-order valence-electron chi connectivity index (χ1n) is 28.6. The highest BCUT2D eigenvalue weighted by Gasteiger charge is 2.55. The Kier molecular flexibility index (Phi) is 27.0. The molecule has 1 amide bonds. The Morgan fingerprint density at radius 2 is 1.41 bits per heavy atom. The number of aliphatic hydroxyl groups excluding tert-OH is 2. The van der Waals surface area contributed by atoms with Crippen molar-refractivity contribution in [1.29, 1.82) is 0 Å². The summed E-state index contributed by atoms with van der Waals surface area (Å²) in [5, 5.41) is 42.0. The number of ether oxygens (including phenoxy) is 10. The van der Waals surface area contributed by atoms with Crippen molar-refractivity contribution in [3.63, 3.8) is 0 Å². The zero-order valence-corrected chi connectivity index (χ0v) is 48.7. The fraction of sp³-hybridized carbons (Fsp3) is 0.800. The number of hydrogen-bond donors (Lipinski definition) is 6. The number of nitrogens with one attached hydrogen (secondary N) is 1. The first-order valence-corrected chi connectivity index (χ1v) is 28.6. The third-order valence-corrected chi connectivity index (χ3v) is 15.4. The van der Waals surface area contributed by atoms with Crippen molar-refractivity contribution in [1.82, 2.24) is 19.4 Å². The summed E-state index contributed by atoms with van der Waals surface area (Å²) < 4.78 is 59.8. The Morgan fingerprint density at radius 1 is 0.759 bits per heavy atom. The number of nitrogens with zero attached hydrogens (tertiary/aromatic N) is 3. The topological polar surface area (TPSA) is 380 Å². The highest BCUT2D eigenvalue weighted by atomic mass is 16.7. The standard InChI is InChI=1S/C55H87N5O23/c1-9-34-48(74-7)50(81-40(66)19-18-39(64)65)51(75-8)54(79-34)82-42(68)23-30(4)22-41(67)76-31(17-15-13-11-10-12-14-16-29(2)3)24-43(69)77-36-28-58(5)46(52(70)59(6)45(36)53(71)72)49(83-44-26-32(61)35(27-56)78-44)47-33(62)25-38(80-47)60-21-20-37(63)57-55(60)73/h20-21,29-36,38,44-51,54,61-62H,9-19,22-28,56H2,1-8H3,(H,64,65)(H,71,72)(H,57,63,73)/t30?,31?,32-,33-,34?,35+,36?,38+,44-,45?,46?,47-,48?,49?,50?,51?,54?/m0/s1. The van der Waals surface area contributed by atoms with E-state index in [4.69, 9.17) is 58.2 Å². The lowest BCUT2D eigenvalue weighted by atomic mass is 9.96. The molecule has 0 aromatic carbocycles. The van der Waals surface area contributed by atoms with Crippen LogP contribution in [0.1, 0.15) is 137 Å². The molecular weight excluding hydrogens is 1100 g/mol. The van der Waals surface area contributed by atoms with Crippen LogP contribution in [0.3, 0.4) is 0 Å². The number of H-pyrrole nitrogens is 1. The van der Waals surface area contributed by atoms with E-state index >= 15 is 0 Å². The van der Waals surface area contributed by atoms with Gasteiger partial charge in [0, 0.05) is 72.3 Å². The van der Waals surface area contributed by atoms with Crippen molar-refractivity contribution < 1.29 is 101 Å². The minimum atomic E-state index is -1.79. The number of unbranched alkanes of at least 4 members (excludes halogenated alkanes) is 5. The van der Waals surface area contributed by atoms with Crippen molar-refractivity contribution >= 4 is 41.7 Å². The first kappa shape index (κ1) is 68.4. The smallest absolute Gasteiger partial charge is 0.330 e. The van der Waals surface area contributed by atoms with E-state index in [0.29, 0.717) is 18.8 Å². The van der Waals surface area contributed by atoms with E-state index in [1.165, 1.54) is 39.4 Å². The van der Waals surface area contributed by atoms with Crippen LogP contribution in [0.2, 0.25) is 0 Å². The van der Waals surface area contributed by atoms with Gasteiger partial charge in [-0.3, -0.25) is 48.0 Å². The molecule has 0 aliphatic carbocycles. The minimum absolute atomic E-state index is 0.0908. The third kappa shape index (κ3) is 19.6. The highest BCUT2D eigenvalue weighted by molar-refractivity contribution is 5.89. The monoisotopic (exact) mass is 1190 g/mol. The lowest BCUT2D eigenvalue weighted by Gasteiger charge is -2.44. The molecule has 0 saturated carbocycles. The van der Waals surface area contributed by atoms with Gasteiger partial charge in [-0.1, -0.05) is 66.2 Å². The first-order chi connectivity index (χ1) is 39.4. The molecule has 28 heteroatoms. The van der Waals surface area contributed by atoms with E-state index in [0.717, 1.165) is 54.1 Å². The number of carboxylic acids is 2. The Hall–Kier alpha value is -5.43. The third-order valence-electron chi connectivity index (χ3n) is 15.4. The van der Waals surface area contributed by atoms with Gasteiger partial charge in [-0.05, 0) is 38.1 Å². The van der Waals surface area contributed by atoms with E-state index in [1.54, 1.807) is 13.8 Å². The van der Waals surface area contributed by atoms with Crippen LogP contribution in [0, 0.1) is 11.8 Å². The minimum Gasteiger partial charge on any atom is -0.481 e. The SMILES string of the molecule is CCC1OC(OC(=O)CC(C)CC(=O)OC(CCCCCCCCC(C)C)CC(=O)OC2CN(C)C(C(O[C@H]3C[C@H](O)[C@@H](CN)O3)[C@H]3O[C@@H](n4ccc(=O)[nH]c4=O)C[C@@H]3O)C(=O)N(C)C2C(=O)O)C(OC)C(OC(=O)CCC(=O)O)C1OC. The Labute approximate surface area is 481 Å². The van der Waals surface area contributed by atoms with Gasteiger partial charge < -0.3 is 78.4 Å². The van der Waals surface area contributed by atoms with Gasteiger partial charge in [0.2, 0.25) is 12.2 Å². The number of aromatic amines is 1. The summed E-state index contributed by atoms with van der Waals surface area (Å²) in [6.45, 7) is 7.21. The largest absolute Gasteiger partial charge is 0.481 e. The molecule has 0 spiro atoms. The fourth-order valence-electron chi connectivity index (χ4n) is 11.1. The van der Waals surface area contributed by atoms with Crippen molar-refractivity contribution in [2.75, 3.05) is 41.4 Å². The molecule has 4 saturated heterocycles. The lowest BCUT2D eigenvalue weighted by molar-refractivity contribution is -0.299. The van der Waals surface area contributed by atoms with Crippen LogP contribution in [0.15, 0.2) is 21.9 Å². The van der Waals surface area contributed by atoms with E-state index < -0.39 is 183 Å². The van der Waals surface area contributed by atoms with Gasteiger partial charge in [0.1, 0.15) is 42.8 Å². The number of amides is 1. The van der Waals surface area contributed by atoms with Crippen molar-refractivity contribution in [2.45, 2.75) is 228 Å². The van der Waals surface area contributed by atoms with E-state index in [-0.39, 0.29) is 38.6 Å². The van der Waals surface area contributed by atoms with Crippen LogP contribution in [0.25, 0.3) is 0 Å². The molecule has 1 aromatic heterocycles. The predicted molar refractivity (Wildman–Crippen MR) is 288 cm³/mol. The maximum atomic E-state index is 14.7. The van der Waals surface area contributed by atoms with Gasteiger partial charge in [-0.15, -0.1) is 0 Å². The molecule has 11 unspecified atom stereocenters. The molecule has 470 valence electrons. The Bertz CT molecular complexity index is 2420. The summed E-state index contributed by atoms with van der Waals surface area (Å²) in [7, 11) is 5.29. The number of carbonyl (C=O) groups is 7. The Balaban J connectivity index is 1.30. The second kappa shape index (κ2) is 32.7. The molecule has 83 heavy (non-hydrogen) atoms. The normalized spacial score (nSPS) is 29.6. The number of aliphatic hydroxyl groups is 2. The molecular formula is C55H87N5O23. The molecule has 4 aliphatic rings. The molecule has 28 nitrogen and oxygen atoms in total. The number of carbonyl (C=O) groups excluding carboxylic acids is 5. The van der Waals surface area contributed by atoms with Crippen LogP contribution >= 0.6 is 0 Å². The summed E-state index contributed by atoms with van der Waals surface area (Å²) >= 11 is 0. The van der Waals surface area contributed by atoms with Gasteiger partial charge in [0.25, 0.3) is 5.56 Å². The molecule has 7 N–H and O–H groups in total. The lowest BCUT2D eigenvalue weighted by Crippen LogP contribution is -2.61. The van der Waals surface area contributed by atoms with Crippen molar-refractivity contribution in [2.24, 2.45) is 17.6 Å². The van der Waals surface area contributed by atoms with E-state index in [9.17, 15) is 58.5 Å². The number of aliphatic carboxylic acids is 2. The van der Waals surface area contributed by atoms with E-state index in [2.05, 4.69) is 18.8 Å². The van der Waals surface area contributed by atoms with Crippen LogP contribution in [-0.4, -0.2) is 215 Å². The number of rotatable bonds is 32. The summed E-state index contributed by atoms with van der Waals surface area (Å²) in [6.07, 6.45) is -10.9. The number of methoxy groups -OCH3 is 2. The van der Waals surface area contributed by atoms with Crippen LogP contribution in [-0.2, 0) is 80.9 Å². The second-order valence-electron chi connectivity index (χ2n) is 22.4. The molecule has 5 rings (SSSR count). The maximum absolute atomic E-state index is 14.7.